The Kier molecular flexibility index (Phi) is 8.19. The number of phenols is 1. The number of aromatic nitrogens is 1. The van der Waals surface area contributed by atoms with Gasteiger partial charge in [0.25, 0.3) is 11.8 Å². The van der Waals surface area contributed by atoms with Crippen LogP contribution < -0.4 is 20.5 Å². The highest BCUT2D eigenvalue weighted by Crippen LogP contribution is 2.39. The molecule has 14 heteroatoms. The van der Waals surface area contributed by atoms with Crippen molar-refractivity contribution in [2.24, 2.45) is 10.7 Å². The topological polar surface area (TPSA) is 170 Å². The normalized spacial score (nSPS) is 18.3. The Morgan fingerprint density at radius 3 is 2.53 bits per heavy atom. The molecule has 0 aliphatic carbocycles. The van der Waals surface area contributed by atoms with Crippen molar-refractivity contribution in [1.29, 1.82) is 5.41 Å². The molecule has 0 bridgehead atoms. The molecule has 43 heavy (non-hydrogen) atoms. The van der Waals surface area contributed by atoms with Gasteiger partial charge in [-0.1, -0.05) is 12.1 Å². The van der Waals surface area contributed by atoms with E-state index in [2.05, 4.69) is 15.3 Å². The van der Waals surface area contributed by atoms with Gasteiger partial charge in [-0.2, -0.15) is 13.8 Å². The first kappa shape index (κ1) is 29.4. The van der Waals surface area contributed by atoms with E-state index in [1.54, 1.807) is 25.1 Å². The van der Waals surface area contributed by atoms with E-state index in [4.69, 9.17) is 20.6 Å². The summed E-state index contributed by atoms with van der Waals surface area (Å²) in [6.07, 6.45) is -0.481. The van der Waals surface area contributed by atoms with Crippen LogP contribution in [0.1, 0.15) is 30.9 Å². The fraction of sp³-hybridized carbons (Fsp3) is 0.310. The number of amides is 1. The van der Waals surface area contributed by atoms with Crippen molar-refractivity contribution < 1.29 is 33.3 Å². The van der Waals surface area contributed by atoms with E-state index in [1.807, 2.05) is 18.0 Å². The average Bonchev–Trinajstić information content (AvgIpc) is 3.40. The molecular weight excluding hydrogens is 564 g/mol. The number of aliphatic imine (C=N–C) groups is 1. The number of carboxylic acid groups (broad SMARTS) is 1. The van der Waals surface area contributed by atoms with Gasteiger partial charge in [-0.3, -0.25) is 10.4 Å². The van der Waals surface area contributed by atoms with E-state index in [1.165, 1.54) is 23.1 Å². The Morgan fingerprint density at radius 1 is 1.14 bits per heavy atom. The third-order valence-electron chi connectivity index (χ3n) is 7.33. The summed E-state index contributed by atoms with van der Waals surface area (Å²) in [5.41, 5.74) is 5.89. The van der Waals surface area contributed by atoms with Gasteiger partial charge >= 0.3 is 6.09 Å². The minimum absolute atomic E-state index is 0.173. The van der Waals surface area contributed by atoms with Gasteiger partial charge in [0, 0.05) is 43.3 Å². The number of phenolic OH excluding ortho intramolecular Hbond substituents is 1. The van der Waals surface area contributed by atoms with Crippen LogP contribution in [0.15, 0.2) is 47.5 Å². The fourth-order valence-electron chi connectivity index (χ4n) is 5.08. The molecule has 1 amide bonds. The van der Waals surface area contributed by atoms with Crippen molar-refractivity contribution in [2.45, 2.75) is 31.8 Å². The van der Waals surface area contributed by atoms with Crippen LogP contribution in [-0.4, -0.2) is 81.5 Å². The number of likely N-dealkylation sites (N-methyl/N-ethyl adjacent to an activating group) is 1. The summed E-state index contributed by atoms with van der Waals surface area (Å²) in [4.78, 5) is 23.2. The number of nitrogens with two attached hydrogens (primary N) is 1. The van der Waals surface area contributed by atoms with E-state index in [-0.39, 0.29) is 29.4 Å². The molecule has 2 aromatic carbocycles. The molecule has 0 saturated carbocycles. The third kappa shape index (κ3) is 6.22. The molecule has 1 aromatic heterocycles. The molecule has 1 saturated heterocycles. The first-order valence-corrected chi connectivity index (χ1v) is 13.6. The lowest BCUT2D eigenvalue weighted by atomic mass is 9.98. The molecule has 0 spiro atoms. The second-order valence-electron chi connectivity index (χ2n) is 10.4. The van der Waals surface area contributed by atoms with Gasteiger partial charge in [0.15, 0.2) is 11.5 Å². The summed E-state index contributed by atoms with van der Waals surface area (Å²) in [5, 5.41) is 30.2. The van der Waals surface area contributed by atoms with Gasteiger partial charge in [-0.05, 0) is 50.1 Å². The quantitative estimate of drug-likeness (QED) is 0.185. The predicted octanol–water partition coefficient (Wildman–Crippen LogP) is 4.57. The van der Waals surface area contributed by atoms with E-state index < -0.39 is 53.0 Å². The van der Waals surface area contributed by atoms with Gasteiger partial charge in [-0.25, -0.2) is 4.79 Å². The number of pyridine rings is 1. The van der Waals surface area contributed by atoms with Gasteiger partial charge in [0.1, 0.15) is 23.1 Å². The largest absolute Gasteiger partial charge is 0.504 e. The Balaban J connectivity index is 1.52. The highest BCUT2D eigenvalue weighted by Gasteiger charge is 2.32. The van der Waals surface area contributed by atoms with E-state index in [0.717, 1.165) is 17.9 Å². The molecule has 5 rings (SSSR count). The maximum atomic E-state index is 15.9. The van der Waals surface area contributed by atoms with Crippen molar-refractivity contribution in [2.75, 3.05) is 32.0 Å². The SMILES string of the molecule is CC1CC(Nc2c(F)c(Oc3cccc(C4=NCCN4C)c3)nc(Oc3cc(C(=N)N)ccc3O)c2F)CCN1C(=O)O. The van der Waals surface area contributed by atoms with Crippen LogP contribution in [0.2, 0.25) is 0 Å². The lowest BCUT2D eigenvalue weighted by Gasteiger charge is -2.36. The van der Waals surface area contributed by atoms with Gasteiger partial charge < -0.3 is 40.5 Å². The molecule has 3 heterocycles. The molecule has 2 unspecified atom stereocenters. The number of anilines is 1. The Labute approximate surface area is 245 Å². The Hall–Kier alpha value is -5.14. The Bertz CT molecular complexity index is 1600. The zero-order chi connectivity index (χ0) is 30.8. The lowest BCUT2D eigenvalue weighted by molar-refractivity contribution is 0.109. The van der Waals surface area contributed by atoms with Crippen LogP contribution in [0.25, 0.3) is 0 Å². The van der Waals surface area contributed by atoms with Crippen LogP contribution in [0.4, 0.5) is 19.3 Å². The zero-order valence-corrected chi connectivity index (χ0v) is 23.5. The summed E-state index contributed by atoms with van der Waals surface area (Å²) in [6.45, 7) is 3.29. The monoisotopic (exact) mass is 595 g/mol. The number of rotatable bonds is 8. The van der Waals surface area contributed by atoms with E-state index in [0.29, 0.717) is 19.4 Å². The van der Waals surface area contributed by atoms with Gasteiger partial charge in [0.2, 0.25) is 11.6 Å². The maximum absolute atomic E-state index is 15.9. The molecule has 6 N–H and O–H groups in total. The van der Waals surface area contributed by atoms with Gasteiger partial charge in [0.05, 0.1) is 6.54 Å². The third-order valence-corrected chi connectivity index (χ3v) is 7.33. The number of halogens is 2. The highest BCUT2D eigenvalue weighted by molar-refractivity contribution is 6.00. The zero-order valence-electron chi connectivity index (χ0n) is 23.5. The van der Waals surface area contributed by atoms with Crippen LogP contribution in [0.5, 0.6) is 29.0 Å². The van der Waals surface area contributed by atoms with E-state index in [9.17, 15) is 15.0 Å². The predicted molar refractivity (Wildman–Crippen MR) is 155 cm³/mol. The number of amidine groups is 2. The summed E-state index contributed by atoms with van der Waals surface area (Å²) in [5.74, 6) is -3.65. The molecule has 2 atom stereocenters. The molecule has 3 aromatic rings. The Morgan fingerprint density at radius 2 is 1.88 bits per heavy atom. The summed E-state index contributed by atoms with van der Waals surface area (Å²) in [6, 6.07) is 9.73. The molecule has 2 aliphatic heterocycles. The minimum atomic E-state index is -1.19. The smallest absolute Gasteiger partial charge is 0.407 e. The first-order valence-electron chi connectivity index (χ1n) is 13.6. The molecule has 1 fully saturated rings. The van der Waals surface area contributed by atoms with Crippen molar-refractivity contribution in [3.63, 3.8) is 0 Å². The molecule has 2 aliphatic rings. The number of hydrogen-bond acceptors (Lipinski definition) is 9. The minimum Gasteiger partial charge on any atom is -0.504 e. The number of piperidine rings is 1. The standard InChI is InChI=1S/C29H31F2N7O5/c1-15-12-18(8-10-38(15)29(40)41)35-24-22(30)27(42-19-5-3-4-17(13-19)26-34-9-11-37(26)2)36-28(23(24)31)43-21-14-16(25(32)33)6-7-20(21)39/h3-7,13-15,18,39H,8-12H2,1-2H3,(H3,32,33)(H,35,36)(H,40,41). The number of likely N-dealkylation sites (tertiary alicyclic amines) is 1. The van der Waals surface area contributed by atoms with Crippen molar-refractivity contribution in [3.05, 3.63) is 65.2 Å². The van der Waals surface area contributed by atoms with Crippen LogP contribution in [0.3, 0.4) is 0 Å². The number of hydrogen-bond donors (Lipinski definition) is 5. The number of aromatic hydroxyl groups is 1. The number of nitrogen functional groups attached to an aromatic ring is 1. The van der Waals surface area contributed by atoms with Crippen molar-refractivity contribution in [3.8, 4) is 29.0 Å². The van der Waals surface area contributed by atoms with Crippen LogP contribution in [-0.2, 0) is 0 Å². The van der Waals surface area contributed by atoms with E-state index >= 15 is 8.78 Å². The average molecular weight is 596 g/mol. The van der Waals surface area contributed by atoms with Crippen LogP contribution in [0, 0.1) is 17.0 Å². The fourth-order valence-corrected chi connectivity index (χ4v) is 5.08. The summed E-state index contributed by atoms with van der Waals surface area (Å²) >= 11 is 0. The second kappa shape index (κ2) is 12.0. The second-order valence-corrected chi connectivity index (χ2v) is 10.4. The summed E-state index contributed by atoms with van der Waals surface area (Å²) in [7, 11) is 1.90. The molecule has 226 valence electrons. The summed E-state index contributed by atoms with van der Waals surface area (Å²) < 4.78 is 43.2. The van der Waals surface area contributed by atoms with Crippen molar-refractivity contribution >= 4 is 23.5 Å². The number of benzene rings is 2. The van der Waals surface area contributed by atoms with Crippen molar-refractivity contribution in [1.82, 2.24) is 14.8 Å². The highest BCUT2D eigenvalue weighted by atomic mass is 19.1. The number of carbonyl (C=O) groups is 1. The first-order chi connectivity index (χ1) is 20.5. The number of nitrogens with one attached hydrogen (secondary N) is 2. The lowest BCUT2D eigenvalue weighted by Crippen LogP contribution is -2.47. The van der Waals surface area contributed by atoms with Gasteiger partial charge in [-0.15, -0.1) is 0 Å². The molecule has 12 nitrogen and oxygen atoms in total. The maximum Gasteiger partial charge on any atom is 0.407 e. The molecule has 0 radical (unpaired) electrons. The number of ether oxygens (including phenoxy) is 2. The molecular formula is C29H31F2N7O5. The number of nitrogens with zero attached hydrogens (tertiary/aromatic N) is 4. The van der Waals surface area contributed by atoms with Crippen LogP contribution >= 0.6 is 0 Å².